The van der Waals surface area contributed by atoms with Gasteiger partial charge in [0.15, 0.2) is 0 Å². The van der Waals surface area contributed by atoms with E-state index in [0.29, 0.717) is 32.1 Å². The molecule has 0 bridgehead atoms. The minimum Gasteiger partial charge on any atom is -0.497 e. The van der Waals surface area contributed by atoms with E-state index in [4.69, 9.17) is 9.47 Å². The van der Waals surface area contributed by atoms with Crippen LogP contribution >= 0.6 is 0 Å². The van der Waals surface area contributed by atoms with E-state index in [1.807, 2.05) is 60.7 Å². The van der Waals surface area contributed by atoms with Gasteiger partial charge in [-0.25, -0.2) is 9.78 Å². The first-order chi connectivity index (χ1) is 16.1. The third-order valence-corrected chi connectivity index (χ3v) is 6.16. The number of anilines is 1. The first-order valence-electron chi connectivity index (χ1n) is 11.1. The van der Waals surface area contributed by atoms with Crippen molar-refractivity contribution in [2.75, 3.05) is 44.7 Å². The Hall–Kier alpha value is -3.81. The lowest BCUT2D eigenvalue weighted by atomic mass is 10.2. The average molecular weight is 447 g/mol. The second kappa shape index (κ2) is 8.97. The van der Waals surface area contributed by atoms with Crippen LogP contribution in [0.1, 0.15) is 6.42 Å². The van der Waals surface area contributed by atoms with Crippen molar-refractivity contribution in [1.82, 2.24) is 14.8 Å². The largest absolute Gasteiger partial charge is 0.497 e. The Balaban J connectivity index is 1.15. The molecular weight excluding hydrogens is 420 g/mol. The Labute approximate surface area is 192 Å². The van der Waals surface area contributed by atoms with Crippen molar-refractivity contribution >= 4 is 28.5 Å². The van der Waals surface area contributed by atoms with Crippen LogP contribution in [0.2, 0.25) is 0 Å². The van der Waals surface area contributed by atoms with Gasteiger partial charge < -0.3 is 19.3 Å². The lowest BCUT2D eigenvalue weighted by Gasteiger charge is -2.22. The van der Waals surface area contributed by atoms with E-state index < -0.39 is 0 Å². The van der Waals surface area contributed by atoms with Crippen LogP contribution in [0.15, 0.2) is 60.7 Å². The lowest BCUT2D eigenvalue weighted by Crippen LogP contribution is -2.42. The second-order valence-electron chi connectivity index (χ2n) is 8.26. The predicted octanol–water partition coefficient (Wildman–Crippen LogP) is 3.17. The molecular formula is C25H26N4O4. The van der Waals surface area contributed by atoms with Crippen molar-refractivity contribution in [3.8, 4) is 11.6 Å². The number of urea groups is 1. The van der Waals surface area contributed by atoms with E-state index in [0.717, 1.165) is 28.8 Å². The van der Waals surface area contributed by atoms with Crippen molar-refractivity contribution in [3.05, 3.63) is 60.7 Å². The zero-order chi connectivity index (χ0) is 22.8. The monoisotopic (exact) mass is 446 g/mol. The fourth-order valence-corrected chi connectivity index (χ4v) is 4.33. The average Bonchev–Trinajstić information content (AvgIpc) is 3.46. The Morgan fingerprint density at radius 1 is 1.03 bits per heavy atom. The molecule has 0 N–H and O–H groups in total. The van der Waals surface area contributed by atoms with E-state index in [-0.39, 0.29) is 24.6 Å². The predicted molar refractivity (Wildman–Crippen MR) is 125 cm³/mol. The highest BCUT2D eigenvalue weighted by Gasteiger charge is 2.34. The van der Waals surface area contributed by atoms with Crippen molar-refractivity contribution in [2.24, 2.45) is 0 Å². The topological polar surface area (TPSA) is 75.2 Å². The van der Waals surface area contributed by atoms with Crippen molar-refractivity contribution in [2.45, 2.75) is 12.5 Å². The van der Waals surface area contributed by atoms with E-state index in [1.165, 1.54) is 0 Å². The molecule has 0 saturated carbocycles. The number of carbonyl (C=O) groups is 2. The molecule has 8 nitrogen and oxygen atoms in total. The molecule has 0 aliphatic carbocycles. The number of methoxy groups -OCH3 is 1. The van der Waals surface area contributed by atoms with E-state index in [9.17, 15) is 9.59 Å². The molecule has 170 valence electrons. The maximum Gasteiger partial charge on any atom is 0.325 e. The van der Waals surface area contributed by atoms with Crippen molar-refractivity contribution in [3.63, 3.8) is 0 Å². The summed E-state index contributed by atoms with van der Waals surface area (Å²) >= 11 is 0. The number of aromatic nitrogens is 1. The Morgan fingerprint density at radius 2 is 1.85 bits per heavy atom. The van der Waals surface area contributed by atoms with Gasteiger partial charge in [-0.05, 0) is 36.4 Å². The molecule has 1 unspecified atom stereocenters. The molecule has 3 aromatic rings. The Kier molecular flexibility index (Phi) is 5.73. The van der Waals surface area contributed by atoms with E-state index >= 15 is 0 Å². The minimum absolute atomic E-state index is 0.0579. The minimum atomic E-state index is -0.152. The molecule has 8 heteroatoms. The molecule has 2 aliphatic heterocycles. The summed E-state index contributed by atoms with van der Waals surface area (Å²) in [5.74, 6) is 1.25. The van der Waals surface area contributed by atoms with Crippen LogP contribution in [0.3, 0.4) is 0 Å². The standard InChI is InChI=1S/C25H26N4O4/c1-32-20-9-7-19(8-10-20)29-15-14-28(25(29)31)17-24(30)27-13-12-21(16-27)33-23-11-6-18-4-2-3-5-22(18)26-23/h2-11,21H,12-17H2,1H3. The number of carbonyl (C=O) groups excluding carboxylic acids is 2. The van der Waals surface area contributed by atoms with E-state index in [2.05, 4.69) is 4.98 Å². The van der Waals surface area contributed by atoms with Gasteiger partial charge in [0.25, 0.3) is 0 Å². The van der Waals surface area contributed by atoms with Crippen LogP contribution < -0.4 is 14.4 Å². The van der Waals surface area contributed by atoms with Gasteiger partial charge in [0, 0.05) is 43.2 Å². The summed E-state index contributed by atoms with van der Waals surface area (Å²) in [6.07, 6.45) is 0.638. The molecule has 1 aromatic heterocycles. The van der Waals surface area contributed by atoms with Crippen molar-refractivity contribution in [1.29, 1.82) is 0 Å². The van der Waals surface area contributed by atoms with Gasteiger partial charge in [-0.15, -0.1) is 0 Å². The van der Waals surface area contributed by atoms with Gasteiger partial charge in [0.1, 0.15) is 18.4 Å². The first-order valence-corrected chi connectivity index (χ1v) is 11.1. The van der Waals surface area contributed by atoms with Gasteiger partial charge in [-0.1, -0.05) is 18.2 Å². The normalized spacial score (nSPS) is 18.3. The molecule has 0 radical (unpaired) electrons. The second-order valence-corrected chi connectivity index (χ2v) is 8.26. The van der Waals surface area contributed by atoms with Crippen molar-refractivity contribution < 1.29 is 19.1 Å². The number of fused-ring (bicyclic) bond motifs is 1. The molecule has 3 amide bonds. The number of pyridine rings is 1. The summed E-state index contributed by atoms with van der Waals surface area (Å²) in [5.41, 5.74) is 1.68. The zero-order valence-corrected chi connectivity index (χ0v) is 18.5. The van der Waals surface area contributed by atoms with Crippen LogP contribution in [0, 0.1) is 0 Å². The quantitative estimate of drug-likeness (QED) is 0.582. The highest BCUT2D eigenvalue weighted by molar-refractivity contribution is 5.96. The third kappa shape index (κ3) is 4.41. The summed E-state index contributed by atoms with van der Waals surface area (Å²) in [7, 11) is 1.61. The molecule has 2 saturated heterocycles. The molecule has 5 rings (SSSR count). The molecule has 2 fully saturated rings. The Morgan fingerprint density at radius 3 is 2.67 bits per heavy atom. The van der Waals surface area contributed by atoms with Crippen LogP contribution in [0.5, 0.6) is 11.6 Å². The highest BCUT2D eigenvalue weighted by atomic mass is 16.5. The Bertz CT molecular complexity index is 1170. The fourth-order valence-electron chi connectivity index (χ4n) is 4.33. The van der Waals surface area contributed by atoms with Gasteiger partial charge in [0.2, 0.25) is 11.8 Å². The summed E-state index contributed by atoms with van der Waals surface area (Å²) in [6.45, 7) is 2.26. The van der Waals surface area contributed by atoms with Crippen LogP contribution in [0.25, 0.3) is 10.9 Å². The van der Waals surface area contributed by atoms with Crippen LogP contribution in [-0.4, -0.2) is 72.7 Å². The van der Waals surface area contributed by atoms with Crippen LogP contribution in [-0.2, 0) is 4.79 Å². The van der Waals surface area contributed by atoms with Gasteiger partial charge in [-0.3, -0.25) is 9.69 Å². The number of ether oxygens (including phenoxy) is 2. The highest BCUT2D eigenvalue weighted by Crippen LogP contribution is 2.24. The summed E-state index contributed by atoms with van der Waals surface area (Å²) in [5, 5.41) is 1.06. The fraction of sp³-hybridized carbons (Fsp3) is 0.320. The smallest absolute Gasteiger partial charge is 0.325 e. The molecule has 33 heavy (non-hydrogen) atoms. The molecule has 1 atom stereocenters. The molecule has 3 heterocycles. The third-order valence-electron chi connectivity index (χ3n) is 6.16. The summed E-state index contributed by atoms with van der Waals surface area (Å²) in [6, 6.07) is 18.9. The number of likely N-dealkylation sites (tertiary alicyclic amines) is 1. The maximum atomic E-state index is 12.9. The van der Waals surface area contributed by atoms with Crippen LogP contribution in [0.4, 0.5) is 10.5 Å². The zero-order valence-electron chi connectivity index (χ0n) is 18.5. The number of nitrogens with zero attached hydrogens (tertiary/aromatic N) is 4. The molecule has 2 aromatic carbocycles. The summed E-state index contributed by atoms with van der Waals surface area (Å²) in [4.78, 5) is 35.3. The SMILES string of the molecule is COc1ccc(N2CCN(CC(=O)N3CCC(Oc4ccc5ccccc5n4)C3)C2=O)cc1. The van der Waals surface area contributed by atoms with Gasteiger partial charge in [-0.2, -0.15) is 0 Å². The van der Waals surface area contributed by atoms with Gasteiger partial charge >= 0.3 is 6.03 Å². The number of para-hydroxylation sites is 1. The van der Waals surface area contributed by atoms with E-state index in [1.54, 1.807) is 21.8 Å². The first kappa shape index (κ1) is 21.1. The number of rotatable bonds is 6. The van der Waals surface area contributed by atoms with Gasteiger partial charge in [0.05, 0.1) is 19.2 Å². The number of hydrogen-bond donors (Lipinski definition) is 0. The summed E-state index contributed by atoms with van der Waals surface area (Å²) < 4.78 is 11.2. The molecule has 0 spiro atoms. The maximum absolute atomic E-state index is 12.9. The lowest BCUT2D eigenvalue weighted by molar-refractivity contribution is -0.130. The number of hydrogen-bond acceptors (Lipinski definition) is 5. The number of amides is 3. The molecule has 2 aliphatic rings. The number of benzene rings is 2.